The van der Waals surface area contributed by atoms with Crippen LogP contribution in [-0.4, -0.2) is 13.1 Å². The summed E-state index contributed by atoms with van der Waals surface area (Å²) < 4.78 is 0. The van der Waals surface area contributed by atoms with Crippen LogP contribution in [0.4, 0.5) is 11.4 Å². The number of rotatable bonds is 6. The van der Waals surface area contributed by atoms with Crippen molar-refractivity contribution in [3.8, 4) is 0 Å². The van der Waals surface area contributed by atoms with E-state index in [0.717, 1.165) is 19.5 Å². The van der Waals surface area contributed by atoms with Crippen LogP contribution in [0.2, 0.25) is 0 Å². The zero-order chi connectivity index (χ0) is 12.6. The molecule has 18 heavy (non-hydrogen) atoms. The molecule has 2 nitrogen and oxygen atoms in total. The third-order valence-electron chi connectivity index (χ3n) is 2.85. The molecule has 2 N–H and O–H groups in total. The van der Waals surface area contributed by atoms with E-state index in [1.54, 1.807) is 0 Å². The first-order valence-electron chi connectivity index (χ1n) is 6.50. The van der Waals surface area contributed by atoms with E-state index in [-0.39, 0.29) is 0 Å². The van der Waals surface area contributed by atoms with Crippen molar-refractivity contribution in [3.63, 3.8) is 0 Å². The van der Waals surface area contributed by atoms with Gasteiger partial charge in [-0.15, -0.1) is 0 Å². The Kier molecular flexibility index (Phi) is 4.65. The molecule has 0 bridgehead atoms. The topological polar surface area (TPSA) is 24.1 Å². The first-order valence-corrected chi connectivity index (χ1v) is 6.50. The molecular formula is C16H20N2. The van der Waals surface area contributed by atoms with Crippen LogP contribution in [0.15, 0.2) is 54.6 Å². The van der Waals surface area contributed by atoms with E-state index in [1.165, 1.54) is 16.9 Å². The molecule has 2 aromatic rings. The van der Waals surface area contributed by atoms with Crippen LogP contribution in [0.25, 0.3) is 0 Å². The smallest absolute Gasteiger partial charge is 0.0341 e. The third kappa shape index (κ3) is 3.81. The van der Waals surface area contributed by atoms with Crippen molar-refractivity contribution in [1.29, 1.82) is 0 Å². The second kappa shape index (κ2) is 6.70. The van der Waals surface area contributed by atoms with Gasteiger partial charge < -0.3 is 10.6 Å². The minimum atomic E-state index is 0.959. The van der Waals surface area contributed by atoms with Crippen LogP contribution in [0.1, 0.15) is 12.5 Å². The lowest BCUT2D eigenvalue weighted by Gasteiger charge is -2.08. The van der Waals surface area contributed by atoms with Crippen molar-refractivity contribution >= 4 is 11.4 Å². The van der Waals surface area contributed by atoms with E-state index in [4.69, 9.17) is 0 Å². The fourth-order valence-corrected chi connectivity index (χ4v) is 1.91. The molecule has 0 heterocycles. The summed E-state index contributed by atoms with van der Waals surface area (Å²) in [7, 11) is 0. The van der Waals surface area contributed by atoms with Crippen molar-refractivity contribution in [1.82, 2.24) is 0 Å². The second-order valence-corrected chi connectivity index (χ2v) is 4.27. The Labute approximate surface area is 109 Å². The summed E-state index contributed by atoms with van der Waals surface area (Å²) in [4.78, 5) is 0. The van der Waals surface area contributed by atoms with Gasteiger partial charge in [-0.1, -0.05) is 30.3 Å². The van der Waals surface area contributed by atoms with E-state index < -0.39 is 0 Å². The summed E-state index contributed by atoms with van der Waals surface area (Å²) in [6.07, 6.45) is 1.05. The highest BCUT2D eigenvalue weighted by atomic mass is 14.9. The molecule has 0 fully saturated rings. The van der Waals surface area contributed by atoms with Gasteiger partial charge in [0, 0.05) is 24.5 Å². The highest BCUT2D eigenvalue weighted by molar-refractivity contribution is 5.53. The molecule has 0 aromatic heterocycles. The van der Waals surface area contributed by atoms with Gasteiger partial charge >= 0.3 is 0 Å². The fourth-order valence-electron chi connectivity index (χ4n) is 1.91. The molecule has 0 amide bonds. The molecule has 0 aliphatic carbocycles. The summed E-state index contributed by atoms with van der Waals surface area (Å²) in [5.41, 5.74) is 3.72. The Morgan fingerprint density at radius 3 is 2.00 bits per heavy atom. The number of hydrogen-bond donors (Lipinski definition) is 2. The van der Waals surface area contributed by atoms with Crippen molar-refractivity contribution in [2.45, 2.75) is 13.3 Å². The van der Waals surface area contributed by atoms with Gasteiger partial charge in [0.2, 0.25) is 0 Å². The monoisotopic (exact) mass is 240 g/mol. The predicted octanol–water partition coefficient (Wildman–Crippen LogP) is 3.77. The Balaban J connectivity index is 1.80. The summed E-state index contributed by atoms with van der Waals surface area (Å²) in [6.45, 7) is 4.03. The van der Waals surface area contributed by atoms with Gasteiger partial charge in [0.05, 0.1) is 0 Å². The van der Waals surface area contributed by atoms with Crippen molar-refractivity contribution in [2.24, 2.45) is 0 Å². The van der Waals surface area contributed by atoms with Crippen LogP contribution in [0.5, 0.6) is 0 Å². The molecule has 0 spiro atoms. The minimum absolute atomic E-state index is 0.959. The molecule has 0 radical (unpaired) electrons. The van der Waals surface area contributed by atoms with Gasteiger partial charge in [0.25, 0.3) is 0 Å². The molecule has 2 heteroatoms. The molecular weight excluding hydrogens is 220 g/mol. The first kappa shape index (κ1) is 12.5. The zero-order valence-corrected chi connectivity index (χ0v) is 10.8. The normalized spacial score (nSPS) is 10.1. The lowest BCUT2D eigenvalue weighted by Crippen LogP contribution is -2.04. The van der Waals surface area contributed by atoms with Crippen molar-refractivity contribution in [3.05, 3.63) is 60.2 Å². The molecule has 0 unspecified atom stereocenters. The van der Waals surface area contributed by atoms with Gasteiger partial charge in [0.15, 0.2) is 0 Å². The second-order valence-electron chi connectivity index (χ2n) is 4.27. The Hall–Kier alpha value is -1.96. The van der Waals surface area contributed by atoms with Crippen LogP contribution < -0.4 is 10.6 Å². The Bertz CT molecular complexity index is 448. The number of benzene rings is 2. The van der Waals surface area contributed by atoms with Gasteiger partial charge in [-0.25, -0.2) is 0 Å². The van der Waals surface area contributed by atoms with Crippen LogP contribution in [0.3, 0.4) is 0 Å². The van der Waals surface area contributed by atoms with E-state index in [0.29, 0.717) is 0 Å². The van der Waals surface area contributed by atoms with E-state index >= 15 is 0 Å². The zero-order valence-electron chi connectivity index (χ0n) is 10.8. The van der Waals surface area contributed by atoms with E-state index in [2.05, 4.69) is 72.2 Å². The molecule has 2 aromatic carbocycles. The lowest BCUT2D eigenvalue weighted by atomic mass is 10.1. The van der Waals surface area contributed by atoms with Crippen LogP contribution >= 0.6 is 0 Å². The standard InChI is InChI=1S/C16H20N2/c1-2-17-15-8-10-16(11-9-15)18-13-12-14-6-4-3-5-7-14/h3-11,17-18H,2,12-13H2,1H3. The summed E-state index contributed by atoms with van der Waals surface area (Å²) in [5.74, 6) is 0. The van der Waals surface area contributed by atoms with Crippen molar-refractivity contribution in [2.75, 3.05) is 23.7 Å². The molecule has 0 atom stereocenters. The highest BCUT2D eigenvalue weighted by Crippen LogP contribution is 2.13. The summed E-state index contributed by atoms with van der Waals surface area (Å²) in [5, 5.41) is 6.72. The van der Waals surface area contributed by atoms with Gasteiger partial charge in [-0.05, 0) is 43.2 Å². The van der Waals surface area contributed by atoms with Crippen molar-refractivity contribution < 1.29 is 0 Å². The van der Waals surface area contributed by atoms with Gasteiger partial charge in [0.1, 0.15) is 0 Å². The lowest BCUT2D eigenvalue weighted by molar-refractivity contribution is 1.02. The molecule has 0 aliphatic rings. The first-order chi connectivity index (χ1) is 8.88. The quantitative estimate of drug-likeness (QED) is 0.803. The average molecular weight is 240 g/mol. The maximum atomic E-state index is 3.43. The third-order valence-corrected chi connectivity index (χ3v) is 2.85. The minimum Gasteiger partial charge on any atom is -0.385 e. The number of nitrogens with one attached hydrogen (secondary N) is 2. The van der Waals surface area contributed by atoms with Crippen LogP contribution in [-0.2, 0) is 6.42 Å². The fraction of sp³-hybridized carbons (Fsp3) is 0.250. The maximum Gasteiger partial charge on any atom is 0.0341 e. The predicted molar refractivity (Wildman–Crippen MR) is 79.2 cm³/mol. The van der Waals surface area contributed by atoms with Crippen LogP contribution in [0, 0.1) is 0 Å². The largest absolute Gasteiger partial charge is 0.385 e. The molecule has 2 rings (SSSR count). The number of anilines is 2. The Morgan fingerprint density at radius 1 is 0.778 bits per heavy atom. The molecule has 0 saturated heterocycles. The maximum absolute atomic E-state index is 3.43. The SMILES string of the molecule is CCNc1ccc(NCCc2ccccc2)cc1. The van der Waals surface area contributed by atoms with E-state index in [9.17, 15) is 0 Å². The van der Waals surface area contributed by atoms with Gasteiger partial charge in [-0.2, -0.15) is 0 Å². The highest BCUT2D eigenvalue weighted by Gasteiger charge is 1.94. The summed E-state index contributed by atoms with van der Waals surface area (Å²) in [6, 6.07) is 19.0. The summed E-state index contributed by atoms with van der Waals surface area (Å²) >= 11 is 0. The number of hydrogen-bond acceptors (Lipinski definition) is 2. The Morgan fingerprint density at radius 2 is 1.39 bits per heavy atom. The van der Waals surface area contributed by atoms with E-state index in [1.807, 2.05) is 0 Å². The molecule has 0 aliphatic heterocycles. The molecule has 0 saturated carbocycles. The average Bonchev–Trinajstić information content (AvgIpc) is 2.42. The van der Waals surface area contributed by atoms with Gasteiger partial charge in [-0.3, -0.25) is 0 Å². The molecule has 94 valence electrons.